The quantitative estimate of drug-likeness (QED) is 0.232. The Hall–Kier alpha value is 14.3. The van der Waals surface area contributed by atoms with Crippen LogP contribution in [0.3, 0.4) is 0 Å². The van der Waals surface area contributed by atoms with Gasteiger partial charge in [-0.05, 0) is 0 Å². The van der Waals surface area contributed by atoms with Crippen LogP contribution in [0.5, 0.6) is 0 Å². The van der Waals surface area contributed by atoms with Crippen LogP contribution >= 0.6 is 74.4 Å². The van der Waals surface area contributed by atoms with E-state index in [1.165, 1.54) is 0 Å². The van der Waals surface area contributed by atoms with Gasteiger partial charge >= 0.3 is 377 Å². The summed E-state index contributed by atoms with van der Waals surface area (Å²) in [5.74, 6) is 0. The summed E-state index contributed by atoms with van der Waals surface area (Å²) in [5.41, 5.74) is 0. The third-order valence-corrected chi connectivity index (χ3v) is 0. The molecular weight excluding hydrogens is 613 g/mol. The van der Waals surface area contributed by atoms with Crippen molar-refractivity contribution in [3.63, 3.8) is 0 Å². The normalized spacial score (nSPS) is 0. The van der Waals surface area contributed by atoms with Gasteiger partial charge in [0.1, 0.15) is 0 Å². The van der Waals surface area contributed by atoms with E-state index in [0.717, 1.165) is 0 Å². The minimum atomic E-state index is 0. The van der Waals surface area contributed by atoms with Gasteiger partial charge in [0.2, 0.25) is 0 Å². The zero-order chi connectivity index (χ0) is 0. The maximum atomic E-state index is 0. The number of hydrogen-bond donors (Lipinski definition) is 0. The van der Waals surface area contributed by atoms with Crippen molar-refractivity contribution in [2.45, 2.75) is 0 Å². The molecule has 0 fully saturated rings. The molecule has 0 radical (unpaired) electrons. The summed E-state index contributed by atoms with van der Waals surface area (Å²) in [6.07, 6.45) is 0. The summed E-state index contributed by atoms with van der Waals surface area (Å²) in [4.78, 5) is 0. The second-order valence-electron chi connectivity index (χ2n) is 0. The Bertz CT molecular complexity index is 15.3. The predicted octanol–water partition coefficient (Wildman–Crippen LogP) is -6.63. The van der Waals surface area contributed by atoms with Crippen molar-refractivity contribution < 1.29 is 0 Å². The SMILES string of the molecule is Cl.Cl.Cl.Cl.Cl.Cl.[CaH2].[CaH2].[CaH2].[CaH2].[CaH2].[CaH2].[CaH2].[CaH2].[CaH2].[CaH2]. The Morgan fingerprint density at radius 3 is 0.125 bits per heavy atom. The van der Waals surface area contributed by atoms with Crippen molar-refractivity contribution in [3.8, 4) is 0 Å². The first-order valence-corrected chi connectivity index (χ1v) is 0. The van der Waals surface area contributed by atoms with Crippen LogP contribution in [0.15, 0.2) is 0 Å². The molecule has 0 aliphatic carbocycles. The molecule has 0 aromatic heterocycles. The molecule has 0 amide bonds. The first kappa shape index (κ1) is 127. The van der Waals surface area contributed by atoms with E-state index in [0.29, 0.717) is 0 Å². The minimum absolute atomic E-state index is 0. The first-order chi connectivity index (χ1) is 0. The van der Waals surface area contributed by atoms with Gasteiger partial charge in [0.15, 0.2) is 0 Å². The Kier molecular flexibility index (Phi) is 910. The van der Waals surface area contributed by atoms with E-state index in [1.54, 1.807) is 0 Å². The van der Waals surface area contributed by atoms with Crippen LogP contribution < -0.4 is 0 Å². The van der Waals surface area contributed by atoms with Gasteiger partial charge in [0, 0.05) is 0 Å². The summed E-state index contributed by atoms with van der Waals surface area (Å²) in [6, 6.07) is 0. The van der Waals surface area contributed by atoms with Crippen LogP contribution in [-0.4, -0.2) is 377 Å². The average molecular weight is 640 g/mol. The van der Waals surface area contributed by atoms with Crippen LogP contribution in [-0.2, 0) is 0 Å². The predicted molar refractivity (Wildman–Crippen MR) is 129 cm³/mol. The zero-order valence-corrected chi connectivity index (χ0v) is 7.35. The van der Waals surface area contributed by atoms with E-state index in [-0.39, 0.29) is 452 Å². The molecule has 0 heterocycles. The summed E-state index contributed by atoms with van der Waals surface area (Å²) in [5, 5.41) is 0. The van der Waals surface area contributed by atoms with Gasteiger partial charge in [-0.2, -0.15) is 0 Å². The molecule has 88 valence electrons. The van der Waals surface area contributed by atoms with Crippen LogP contribution in [0.25, 0.3) is 0 Å². The molecule has 0 bridgehead atoms. The van der Waals surface area contributed by atoms with Crippen molar-refractivity contribution in [1.82, 2.24) is 0 Å². The van der Waals surface area contributed by atoms with Gasteiger partial charge in [-0.3, -0.25) is 0 Å². The zero-order valence-electron chi connectivity index (χ0n) is 2.45. The van der Waals surface area contributed by atoms with Gasteiger partial charge < -0.3 is 0 Å². The van der Waals surface area contributed by atoms with Gasteiger partial charge in [-0.25, -0.2) is 0 Å². The molecule has 0 aliphatic rings. The van der Waals surface area contributed by atoms with E-state index in [9.17, 15) is 0 Å². The molecule has 0 rings (SSSR count). The molecule has 0 aromatic rings. The number of hydrogen-bond acceptors (Lipinski definition) is 0. The summed E-state index contributed by atoms with van der Waals surface area (Å²) in [6.45, 7) is 0. The molecule has 0 nitrogen and oxygen atoms in total. The van der Waals surface area contributed by atoms with E-state index in [2.05, 4.69) is 0 Å². The third kappa shape index (κ3) is 103. The van der Waals surface area contributed by atoms with Crippen molar-refractivity contribution in [3.05, 3.63) is 0 Å². The Balaban J connectivity index is 0. The van der Waals surface area contributed by atoms with Crippen molar-refractivity contribution in [2.75, 3.05) is 0 Å². The summed E-state index contributed by atoms with van der Waals surface area (Å²) in [7, 11) is 0. The van der Waals surface area contributed by atoms with E-state index in [4.69, 9.17) is 0 Å². The van der Waals surface area contributed by atoms with Crippen LogP contribution in [0.2, 0.25) is 0 Å². The standard InChI is InChI=1S/10Ca.6ClH.20H/h;;;;;;;;;;6*1H;;;;;;;;;;;;;;;;;;;;. The molecule has 16 heavy (non-hydrogen) atoms. The van der Waals surface area contributed by atoms with Gasteiger partial charge in [-0.15, -0.1) is 74.4 Å². The van der Waals surface area contributed by atoms with E-state index >= 15 is 0 Å². The molecular formula is H26Ca10Cl6. The molecule has 0 aromatic carbocycles. The van der Waals surface area contributed by atoms with Crippen LogP contribution in [0.1, 0.15) is 0 Å². The Morgan fingerprint density at radius 2 is 0.125 bits per heavy atom. The number of halogens is 6. The van der Waals surface area contributed by atoms with Gasteiger partial charge in [-0.1, -0.05) is 0 Å². The van der Waals surface area contributed by atoms with E-state index in [1.807, 2.05) is 0 Å². The van der Waals surface area contributed by atoms with Crippen molar-refractivity contribution in [1.29, 1.82) is 0 Å². The second-order valence-corrected chi connectivity index (χ2v) is 0. The van der Waals surface area contributed by atoms with E-state index < -0.39 is 0 Å². The summed E-state index contributed by atoms with van der Waals surface area (Å²) >= 11 is 0. The molecule has 0 aliphatic heterocycles. The Labute approximate surface area is 435 Å². The van der Waals surface area contributed by atoms with Crippen LogP contribution in [0.4, 0.5) is 0 Å². The fourth-order valence-corrected chi connectivity index (χ4v) is 0. The van der Waals surface area contributed by atoms with Crippen molar-refractivity contribution in [2.24, 2.45) is 0 Å². The van der Waals surface area contributed by atoms with Crippen LogP contribution in [0, 0.1) is 0 Å². The average Bonchev–Trinajstić information content (AvgIpc) is 0. The molecule has 0 N–H and O–H groups in total. The summed E-state index contributed by atoms with van der Waals surface area (Å²) < 4.78 is 0. The monoisotopic (exact) mass is 636 g/mol. The second kappa shape index (κ2) is 115. The van der Waals surface area contributed by atoms with Gasteiger partial charge in [0.25, 0.3) is 0 Å². The van der Waals surface area contributed by atoms with Crippen molar-refractivity contribution >= 4 is 452 Å². The fraction of sp³-hybridized carbons (Fsp3) is 0. The first-order valence-electron chi connectivity index (χ1n) is 0. The molecule has 16 heteroatoms. The molecule has 0 saturated carbocycles. The Morgan fingerprint density at radius 1 is 0.125 bits per heavy atom. The fourth-order valence-electron chi connectivity index (χ4n) is 0. The molecule has 0 spiro atoms. The third-order valence-electron chi connectivity index (χ3n) is 0. The molecule has 0 atom stereocenters. The maximum absolute atomic E-state index is 0. The molecule has 0 saturated heterocycles. The molecule has 0 unspecified atom stereocenters. The topological polar surface area (TPSA) is 0 Å². The van der Waals surface area contributed by atoms with Gasteiger partial charge in [0.05, 0.1) is 0 Å². The number of rotatable bonds is 0.